The Bertz CT molecular complexity index is 617. The molecule has 19 heavy (non-hydrogen) atoms. The summed E-state index contributed by atoms with van der Waals surface area (Å²) in [6.45, 7) is 0. The molecule has 0 amide bonds. The van der Waals surface area contributed by atoms with Crippen LogP contribution in [0.4, 0.5) is 0 Å². The molecule has 2 aromatic rings. The van der Waals surface area contributed by atoms with Gasteiger partial charge in [0.1, 0.15) is 0 Å². The summed E-state index contributed by atoms with van der Waals surface area (Å²) in [5.74, 6) is -0.0119. The van der Waals surface area contributed by atoms with Crippen LogP contribution in [0.25, 0.3) is 0 Å². The number of hydrogen-bond donors (Lipinski definition) is 2. The number of oxime groups is 1. The second-order valence-corrected chi connectivity index (χ2v) is 7.03. The number of benzene rings is 1. The lowest BCUT2D eigenvalue weighted by molar-refractivity contribution is 0.318. The molecule has 0 atom stereocenters. The maximum Gasteiger partial charge on any atom is 0.179 e. The number of hydrogen-bond acceptors (Lipinski definition) is 7. The predicted molar refractivity (Wildman–Crippen MR) is 79.8 cm³/mol. The van der Waals surface area contributed by atoms with Crippen LogP contribution >= 0.6 is 46.5 Å². The van der Waals surface area contributed by atoms with Gasteiger partial charge in [0.05, 0.1) is 5.02 Å². The van der Waals surface area contributed by atoms with Gasteiger partial charge in [-0.2, -0.15) is 0 Å². The molecule has 0 unspecified atom stereocenters. The summed E-state index contributed by atoms with van der Waals surface area (Å²) in [5.41, 5.74) is 6.00. The molecule has 1 aromatic carbocycles. The van der Waals surface area contributed by atoms with Crippen molar-refractivity contribution in [3.63, 3.8) is 0 Å². The molecule has 1 heterocycles. The van der Waals surface area contributed by atoms with E-state index in [1.165, 1.54) is 23.1 Å². The molecule has 0 aliphatic carbocycles. The van der Waals surface area contributed by atoms with Crippen LogP contribution in [0, 0.1) is 0 Å². The average Bonchev–Trinajstić information content (AvgIpc) is 2.86. The Balaban J connectivity index is 2.20. The molecular weight excluding hydrogens is 324 g/mol. The van der Waals surface area contributed by atoms with E-state index < -0.39 is 0 Å². The molecular formula is C10H9ClN4OS3. The molecule has 0 saturated heterocycles. The number of amidine groups is 1. The normalized spacial score (nSPS) is 11.8. The van der Waals surface area contributed by atoms with Crippen LogP contribution in [0.2, 0.25) is 5.02 Å². The number of thioether (sulfide) groups is 1. The predicted octanol–water partition coefficient (Wildman–Crippen LogP) is 3.16. The molecule has 2 rings (SSSR count). The SMILES string of the molecule is CSc1nnc(Sc2ccc(/C(N)=N/O)c(Cl)c2)s1. The first-order valence-corrected chi connectivity index (χ1v) is 8.20. The lowest BCUT2D eigenvalue weighted by Crippen LogP contribution is -2.13. The van der Waals surface area contributed by atoms with Gasteiger partial charge in [0.2, 0.25) is 0 Å². The van der Waals surface area contributed by atoms with Crippen LogP contribution in [0.1, 0.15) is 5.56 Å². The summed E-state index contributed by atoms with van der Waals surface area (Å²) in [6.07, 6.45) is 1.96. The zero-order valence-corrected chi connectivity index (χ0v) is 12.9. The number of halogens is 1. The van der Waals surface area contributed by atoms with Crippen molar-refractivity contribution >= 4 is 52.3 Å². The Kier molecular flexibility index (Phi) is 4.92. The lowest BCUT2D eigenvalue weighted by Gasteiger charge is -2.04. The van der Waals surface area contributed by atoms with Gasteiger partial charge in [-0.05, 0) is 24.5 Å². The van der Waals surface area contributed by atoms with Crippen molar-refractivity contribution in [1.82, 2.24) is 10.2 Å². The van der Waals surface area contributed by atoms with E-state index in [9.17, 15) is 0 Å². The van der Waals surface area contributed by atoms with Crippen LogP contribution < -0.4 is 5.73 Å². The molecule has 1 aromatic heterocycles. The van der Waals surface area contributed by atoms with Gasteiger partial charge < -0.3 is 10.9 Å². The fraction of sp³-hybridized carbons (Fsp3) is 0.100. The van der Waals surface area contributed by atoms with Gasteiger partial charge >= 0.3 is 0 Å². The summed E-state index contributed by atoms with van der Waals surface area (Å²) in [4.78, 5) is 0.920. The Morgan fingerprint density at radius 2 is 2.16 bits per heavy atom. The zero-order chi connectivity index (χ0) is 13.8. The van der Waals surface area contributed by atoms with Gasteiger partial charge in [0.25, 0.3) is 0 Å². The third-order valence-corrected chi connectivity index (χ3v) is 5.34. The van der Waals surface area contributed by atoms with Crippen molar-refractivity contribution in [3.8, 4) is 0 Å². The van der Waals surface area contributed by atoms with E-state index in [1.807, 2.05) is 12.3 Å². The second-order valence-electron chi connectivity index (χ2n) is 3.27. The Morgan fingerprint density at radius 1 is 1.42 bits per heavy atom. The van der Waals surface area contributed by atoms with Gasteiger partial charge in [-0.1, -0.05) is 51.6 Å². The van der Waals surface area contributed by atoms with Crippen LogP contribution in [0.15, 0.2) is 36.9 Å². The highest BCUT2D eigenvalue weighted by Gasteiger charge is 2.09. The minimum atomic E-state index is -0.0119. The number of aromatic nitrogens is 2. The van der Waals surface area contributed by atoms with E-state index in [2.05, 4.69) is 15.4 Å². The first kappa shape index (κ1) is 14.4. The van der Waals surface area contributed by atoms with Crippen LogP contribution in [0.5, 0.6) is 0 Å². The molecule has 100 valence electrons. The molecule has 5 nitrogen and oxygen atoms in total. The summed E-state index contributed by atoms with van der Waals surface area (Å²) in [6, 6.07) is 5.29. The van der Waals surface area contributed by atoms with Crippen molar-refractivity contribution in [2.45, 2.75) is 13.6 Å². The van der Waals surface area contributed by atoms with Gasteiger partial charge in [0.15, 0.2) is 14.5 Å². The minimum Gasteiger partial charge on any atom is -0.409 e. The zero-order valence-electron chi connectivity index (χ0n) is 9.70. The summed E-state index contributed by atoms with van der Waals surface area (Å²) < 4.78 is 1.76. The van der Waals surface area contributed by atoms with Gasteiger partial charge in [-0.25, -0.2) is 0 Å². The lowest BCUT2D eigenvalue weighted by atomic mass is 10.2. The minimum absolute atomic E-state index is 0.0119. The first-order chi connectivity index (χ1) is 9.13. The number of nitrogens with zero attached hydrogens (tertiary/aromatic N) is 3. The molecule has 3 N–H and O–H groups in total. The molecule has 0 radical (unpaired) electrons. The van der Waals surface area contributed by atoms with E-state index in [1.54, 1.807) is 23.9 Å². The van der Waals surface area contributed by atoms with Gasteiger partial charge in [0, 0.05) is 10.5 Å². The Labute approximate surface area is 127 Å². The Morgan fingerprint density at radius 3 is 2.74 bits per heavy atom. The van der Waals surface area contributed by atoms with Crippen molar-refractivity contribution in [1.29, 1.82) is 0 Å². The van der Waals surface area contributed by atoms with Gasteiger partial charge in [-0.3, -0.25) is 0 Å². The molecule has 0 spiro atoms. The average molecular weight is 333 g/mol. The monoisotopic (exact) mass is 332 g/mol. The van der Waals surface area contributed by atoms with E-state index in [0.29, 0.717) is 10.6 Å². The highest BCUT2D eigenvalue weighted by Crippen LogP contribution is 2.34. The third kappa shape index (κ3) is 3.53. The Hall–Kier alpha value is -0.960. The first-order valence-electron chi connectivity index (χ1n) is 4.97. The molecule has 0 bridgehead atoms. The topological polar surface area (TPSA) is 84.4 Å². The fourth-order valence-corrected chi connectivity index (χ4v) is 4.04. The summed E-state index contributed by atoms with van der Waals surface area (Å²) >= 11 is 10.6. The van der Waals surface area contributed by atoms with E-state index in [4.69, 9.17) is 22.5 Å². The molecule has 0 fully saturated rings. The van der Waals surface area contributed by atoms with Crippen molar-refractivity contribution in [2.24, 2.45) is 10.9 Å². The third-order valence-electron chi connectivity index (χ3n) is 2.09. The van der Waals surface area contributed by atoms with Crippen LogP contribution in [-0.2, 0) is 0 Å². The molecule has 0 aliphatic heterocycles. The quantitative estimate of drug-likeness (QED) is 0.294. The van der Waals surface area contributed by atoms with Crippen molar-refractivity contribution < 1.29 is 5.21 Å². The van der Waals surface area contributed by atoms with Crippen molar-refractivity contribution in [3.05, 3.63) is 28.8 Å². The largest absolute Gasteiger partial charge is 0.409 e. The highest BCUT2D eigenvalue weighted by molar-refractivity contribution is 8.03. The molecule has 9 heteroatoms. The van der Waals surface area contributed by atoms with Crippen molar-refractivity contribution in [2.75, 3.05) is 6.26 Å². The van der Waals surface area contributed by atoms with E-state index in [0.717, 1.165) is 13.6 Å². The maximum absolute atomic E-state index is 8.63. The highest BCUT2D eigenvalue weighted by atomic mass is 35.5. The molecule has 0 saturated carbocycles. The number of nitrogens with two attached hydrogens (primary N) is 1. The standard InChI is InChI=1S/C10H9ClN4OS3/c1-17-9-13-14-10(19-9)18-5-2-3-6(7(11)4-5)8(12)15-16/h2-4,16H,1H3,(H2,12,15). The number of rotatable bonds is 4. The fourth-order valence-electron chi connectivity index (χ4n) is 1.24. The summed E-state index contributed by atoms with van der Waals surface area (Å²) in [5, 5.41) is 20.1. The second kappa shape index (κ2) is 6.47. The van der Waals surface area contributed by atoms with Crippen LogP contribution in [0.3, 0.4) is 0 Å². The smallest absolute Gasteiger partial charge is 0.179 e. The maximum atomic E-state index is 8.63. The van der Waals surface area contributed by atoms with Crippen LogP contribution in [-0.4, -0.2) is 27.5 Å². The van der Waals surface area contributed by atoms with E-state index in [-0.39, 0.29) is 5.84 Å². The van der Waals surface area contributed by atoms with E-state index >= 15 is 0 Å². The molecule has 0 aliphatic rings. The van der Waals surface area contributed by atoms with Gasteiger partial charge in [-0.15, -0.1) is 10.2 Å². The summed E-state index contributed by atoms with van der Waals surface area (Å²) in [7, 11) is 0.